The predicted octanol–water partition coefficient (Wildman–Crippen LogP) is 11.1. The van der Waals surface area contributed by atoms with Crippen molar-refractivity contribution in [1.82, 2.24) is 15.0 Å². The lowest BCUT2D eigenvalue weighted by Gasteiger charge is -2.21. The van der Waals surface area contributed by atoms with Crippen molar-refractivity contribution in [2.45, 2.75) is 26.2 Å². The molecule has 9 rings (SSSR count). The van der Waals surface area contributed by atoms with Crippen molar-refractivity contribution in [2.24, 2.45) is 0 Å². The summed E-state index contributed by atoms with van der Waals surface area (Å²) < 4.78 is 6.47. The molecule has 0 unspecified atom stereocenters. The predicted molar refractivity (Wildman–Crippen MR) is 191 cm³/mol. The molecule has 8 aromatic rings. The lowest BCUT2D eigenvalue weighted by atomic mass is 9.82. The molecule has 47 heavy (non-hydrogen) atoms. The molecule has 4 nitrogen and oxygen atoms in total. The van der Waals surface area contributed by atoms with Crippen LogP contribution in [-0.2, 0) is 5.41 Å². The number of aromatic nitrogens is 3. The Morgan fingerprint density at radius 2 is 1.13 bits per heavy atom. The Hall–Kier alpha value is -5.87. The second-order valence-corrected chi connectivity index (χ2v) is 12.9. The highest BCUT2D eigenvalue weighted by Gasteiger charge is 2.37. The molecule has 4 heteroatoms. The minimum Gasteiger partial charge on any atom is -0.456 e. The summed E-state index contributed by atoms with van der Waals surface area (Å²) in [5.74, 6) is 1.92. The topological polar surface area (TPSA) is 51.8 Å². The molecule has 1 aliphatic carbocycles. The van der Waals surface area contributed by atoms with E-state index in [1.165, 1.54) is 22.3 Å². The number of aryl methyl sites for hydroxylation is 1. The van der Waals surface area contributed by atoms with Gasteiger partial charge in [0.2, 0.25) is 0 Å². The molecule has 2 heterocycles. The van der Waals surface area contributed by atoms with Gasteiger partial charge in [0.15, 0.2) is 17.5 Å². The third-order valence-electron chi connectivity index (χ3n) is 9.60. The molecule has 6 aromatic carbocycles. The third-order valence-corrected chi connectivity index (χ3v) is 9.60. The van der Waals surface area contributed by atoms with E-state index in [4.69, 9.17) is 19.4 Å². The van der Waals surface area contributed by atoms with Crippen molar-refractivity contribution < 1.29 is 4.42 Å². The number of benzene rings is 6. The van der Waals surface area contributed by atoms with Gasteiger partial charge in [0.1, 0.15) is 11.2 Å². The standard InChI is InChI=1S/C43H31N3O/c1-26-12-9-15-28(24-26)40-44-41(46-42(45-40)33-18-10-20-35-38(33)31-16-7-8-19-34(31)43(35,2)3)29-22-23-32-37(25-29)47-36-21-11-17-30(39(32)36)27-13-5-4-6-14-27/h4-25H,1-3H3. The maximum absolute atomic E-state index is 6.47. The van der Waals surface area contributed by atoms with Gasteiger partial charge in [-0.05, 0) is 64.6 Å². The van der Waals surface area contributed by atoms with Crippen LogP contribution in [-0.4, -0.2) is 15.0 Å². The Morgan fingerprint density at radius 1 is 0.489 bits per heavy atom. The Bertz CT molecular complexity index is 2510. The Balaban J connectivity index is 1.26. The first-order valence-corrected chi connectivity index (χ1v) is 16.0. The van der Waals surface area contributed by atoms with Crippen molar-refractivity contribution in [2.75, 3.05) is 0 Å². The van der Waals surface area contributed by atoms with Gasteiger partial charge in [-0.3, -0.25) is 0 Å². The summed E-state index contributed by atoms with van der Waals surface area (Å²) >= 11 is 0. The highest BCUT2D eigenvalue weighted by molar-refractivity contribution is 6.13. The summed E-state index contributed by atoms with van der Waals surface area (Å²) in [5.41, 5.74) is 12.9. The fourth-order valence-electron chi connectivity index (χ4n) is 7.30. The summed E-state index contributed by atoms with van der Waals surface area (Å²) in [4.78, 5) is 15.4. The number of nitrogens with zero attached hydrogens (tertiary/aromatic N) is 3. The third kappa shape index (κ3) is 4.33. The summed E-state index contributed by atoms with van der Waals surface area (Å²) in [5, 5.41) is 2.18. The number of rotatable bonds is 4. The minimum atomic E-state index is -0.123. The molecule has 0 N–H and O–H groups in total. The van der Waals surface area contributed by atoms with Gasteiger partial charge in [-0.2, -0.15) is 0 Å². The van der Waals surface area contributed by atoms with E-state index in [1.54, 1.807) is 0 Å². The second-order valence-electron chi connectivity index (χ2n) is 12.9. The molecule has 224 valence electrons. The molecule has 0 atom stereocenters. The molecule has 0 amide bonds. The zero-order valence-electron chi connectivity index (χ0n) is 26.5. The first-order chi connectivity index (χ1) is 23.0. The molecule has 0 aliphatic heterocycles. The summed E-state index contributed by atoms with van der Waals surface area (Å²) in [6.07, 6.45) is 0. The largest absolute Gasteiger partial charge is 0.456 e. The zero-order valence-corrected chi connectivity index (χ0v) is 26.5. The van der Waals surface area contributed by atoms with Crippen LogP contribution in [0.1, 0.15) is 30.5 Å². The molecule has 0 saturated carbocycles. The Morgan fingerprint density at radius 3 is 1.96 bits per heavy atom. The normalized spacial score (nSPS) is 13.2. The van der Waals surface area contributed by atoms with E-state index in [0.29, 0.717) is 17.5 Å². The van der Waals surface area contributed by atoms with Gasteiger partial charge in [-0.1, -0.05) is 129 Å². The van der Waals surface area contributed by atoms with E-state index in [2.05, 4.69) is 142 Å². The molecule has 0 bridgehead atoms. The molecule has 1 aliphatic rings. The van der Waals surface area contributed by atoms with Crippen LogP contribution in [0, 0.1) is 6.92 Å². The molecular formula is C43H31N3O. The van der Waals surface area contributed by atoms with Crippen LogP contribution in [0.4, 0.5) is 0 Å². The number of hydrogen-bond acceptors (Lipinski definition) is 4. The molecular weight excluding hydrogens is 574 g/mol. The van der Waals surface area contributed by atoms with Crippen molar-refractivity contribution >= 4 is 21.9 Å². The fraction of sp³-hybridized carbons (Fsp3) is 0.0930. The molecule has 0 fully saturated rings. The van der Waals surface area contributed by atoms with Crippen molar-refractivity contribution in [3.63, 3.8) is 0 Å². The van der Waals surface area contributed by atoms with Crippen LogP contribution in [0.15, 0.2) is 138 Å². The second kappa shape index (κ2) is 10.3. The maximum atomic E-state index is 6.47. The molecule has 0 spiro atoms. The van der Waals surface area contributed by atoms with Gasteiger partial charge >= 0.3 is 0 Å². The number of fused-ring (bicyclic) bond motifs is 6. The number of hydrogen-bond donors (Lipinski definition) is 0. The van der Waals surface area contributed by atoms with E-state index in [1.807, 2.05) is 12.1 Å². The van der Waals surface area contributed by atoms with Crippen LogP contribution in [0.3, 0.4) is 0 Å². The van der Waals surface area contributed by atoms with E-state index < -0.39 is 0 Å². The Kier molecular flexibility index (Phi) is 6.03. The van der Waals surface area contributed by atoms with Crippen molar-refractivity contribution in [3.05, 3.63) is 150 Å². The van der Waals surface area contributed by atoms with E-state index in [-0.39, 0.29) is 5.41 Å². The van der Waals surface area contributed by atoms with Crippen LogP contribution in [0.2, 0.25) is 0 Å². The summed E-state index contributed by atoms with van der Waals surface area (Å²) in [6, 6.07) is 46.6. The average molecular weight is 606 g/mol. The molecule has 0 radical (unpaired) electrons. The van der Waals surface area contributed by atoms with Gasteiger partial charge in [-0.25, -0.2) is 15.0 Å². The van der Waals surface area contributed by atoms with Crippen LogP contribution >= 0.6 is 0 Å². The lowest BCUT2D eigenvalue weighted by molar-refractivity contribution is 0.660. The minimum absolute atomic E-state index is 0.123. The molecule has 0 saturated heterocycles. The highest BCUT2D eigenvalue weighted by atomic mass is 16.3. The molecule has 2 aromatic heterocycles. The van der Waals surface area contributed by atoms with Crippen molar-refractivity contribution in [3.8, 4) is 56.4 Å². The van der Waals surface area contributed by atoms with Gasteiger partial charge < -0.3 is 4.42 Å². The fourth-order valence-corrected chi connectivity index (χ4v) is 7.30. The van der Waals surface area contributed by atoms with Crippen LogP contribution < -0.4 is 0 Å². The highest BCUT2D eigenvalue weighted by Crippen LogP contribution is 2.51. The zero-order chi connectivity index (χ0) is 31.7. The van der Waals surface area contributed by atoms with E-state index >= 15 is 0 Å². The smallest absolute Gasteiger partial charge is 0.164 e. The van der Waals surface area contributed by atoms with Crippen molar-refractivity contribution in [1.29, 1.82) is 0 Å². The quantitative estimate of drug-likeness (QED) is 0.200. The monoisotopic (exact) mass is 605 g/mol. The van der Waals surface area contributed by atoms with Crippen LogP contribution in [0.25, 0.3) is 78.4 Å². The van der Waals surface area contributed by atoms with Gasteiger partial charge in [0.25, 0.3) is 0 Å². The van der Waals surface area contributed by atoms with Gasteiger partial charge in [0.05, 0.1) is 0 Å². The SMILES string of the molecule is Cc1cccc(-c2nc(-c3ccc4c(c3)oc3cccc(-c5ccccc5)c34)nc(-c3cccc4c3-c3ccccc3C4(C)C)n2)c1. The van der Waals surface area contributed by atoms with Gasteiger partial charge in [0, 0.05) is 32.9 Å². The summed E-state index contributed by atoms with van der Waals surface area (Å²) in [7, 11) is 0. The first kappa shape index (κ1) is 27.4. The maximum Gasteiger partial charge on any atom is 0.164 e. The Labute approximate surface area is 273 Å². The lowest BCUT2D eigenvalue weighted by Crippen LogP contribution is -2.14. The van der Waals surface area contributed by atoms with E-state index in [0.717, 1.165) is 55.3 Å². The summed E-state index contributed by atoms with van der Waals surface area (Å²) in [6.45, 7) is 6.68. The van der Waals surface area contributed by atoms with Gasteiger partial charge in [-0.15, -0.1) is 0 Å². The van der Waals surface area contributed by atoms with E-state index in [9.17, 15) is 0 Å². The first-order valence-electron chi connectivity index (χ1n) is 16.0. The van der Waals surface area contributed by atoms with Crippen LogP contribution in [0.5, 0.6) is 0 Å². The average Bonchev–Trinajstić information content (AvgIpc) is 3.60. The number of furan rings is 1.